The molecule has 0 spiro atoms. The number of hydrogen-bond donors (Lipinski definition) is 1. The van der Waals surface area contributed by atoms with Crippen molar-refractivity contribution in [2.75, 3.05) is 5.32 Å². The molecule has 0 atom stereocenters. The van der Waals surface area contributed by atoms with E-state index in [-0.39, 0.29) is 0 Å². The van der Waals surface area contributed by atoms with Gasteiger partial charge in [0.1, 0.15) is 0 Å². The van der Waals surface area contributed by atoms with Crippen LogP contribution < -0.4 is 5.32 Å². The third-order valence-corrected chi connectivity index (χ3v) is 5.01. The van der Waals surface area contributed by atoms with Crippen LogP contribution in [0.2, 0.25) is 0 Å². The molecule has 1 aliphatic rings. The summed E-state index contributed by atoms with van der Waals surface area (Å²) in [6.45, 7) is 0. The summed E-state index contributed by atoms with van der Waals surface area (Å²) in [5.74, 6) is 0. The van der Waals surface area contributed by atoms with Gasteiger partial charge in [0.2, 0.25) is 0 Å². The molecule has 0 saturated carbocycles. The number of hydrogen-bond acceptors (Lipinski definition) is 4. The highest BCUT2D eigenvalue weighted by Crippen LogP contribution is 2.48. The van der Waals surface area contributed by atoms with Gasteiger partial charge in [-0.15, -0.1) is 0 Å². The minimum absolute atomic E-state index is 1.01. The van der Waals surface area contributed by atoms with Crippen molar-refractivity contribution in [1.82, 2.24) is 9.97 Å². The van der Waals surface area contributed by atoms with Crippen LogP contribution >= 0.6 is 11.8 Å². The van der Waals surface area contributed by atoms with Gasteiger partial charge >= 0.3 is 0 Å². The quantitative estimate of drug-likeness (QED) is 0.437. The predicted octanol–water partition coefficient (Wildman–Crippen LogP) is 4.99. The summed E-state index contributed by atoms with van der Waals surface area (Å²) >= 11 is 1.72. The Morgan fingerprint density at radius 3 is 1.73 bits per heavy atom. The lowest BCUT2D eigenvalue weighted by Crippen LogP contribution is -2.03. The lowest BCUT2D eigenvalue weighted by atomic mass is 10.1. The number of benzene rings is 2. The first-order chi connectivity index (χ1) is 10.9. The van der Waals surface area contributed by atoms with Crippen molar-refractivity contribution in [3.8, 4) is 0 Å². The van der Waals surface area contributed by atoms with E-state index >= 15 is 0 Å². The van der Waals surface area contributed by atoms with E-state index in [4.69, 9.17) is 0 Å². The van der Waals surface area contributed by atoms with Crippen LogP contribution in [0.1, 0.15) is 0 Å². The van der Waals surface area contributed by atoms with Crippen LogP contribution in [0.3, 0.4) is 0 Å². The Kier molecular flexibility index (Phi) is 2.43. The van der Waals surface area contributed by atoms with Crippen molar-refractivity contribution in [1.29, 1.82) is 0 Å². The fraction of sp³-hybridized carbons (Fsp3) is 0. The van der Waals surface area contributed by atoms with Gasteiger partial charge < -0.3 is 5.32 Å². The Morgan fingerprint density at radius 2 is 1.18 bits per heavy atom. The van der Waals surface area contributed by atoms with Gasteiger partial charge in [-0.3, -0.25) is 9.97 Å². The molecule has 104 valence electrons. The van der Waals surface area contributed by atoms with Gasteiger partial charge in [0.25, 0.3) is 0 Å². The average molecular weight is 301 g/mol. The molecule has 0 amide bonds. The van der Waals surface area contributed by atoms with Gasteiger partial charge in [-0.1, -0.05) is 48.2 Å². The van der Waals surface area contributed by atoms with Gasteiger partial charge in [0, 0.05) is 23.2 Å². The fourth-order valence-electron chi connectivity index (χ4n) is 2.90. The highest BCUT2D eigenvalue weighted by atomic mass is 32.2. The molecule has 4 heteroatoms. The fourth-order valence-corrected chi connectivity index (χ4v) is 3.88. The van der Waals surface area contributed by atoms with Gasteiger partial charge in [-0.2, -0.15) is 0 Å². The molecule has 2 aromatic carbocycles. The molecule has 22 heavy (non-hydrogen) atoms. The maximum absolute atomic E-state index is 4.55. The van der Waals surface area contributed by atoms with Crippen molar-refractivity contribution in [3.63, 3.8) is 0 Å². The van der Waals surface area contributed by atoms with Crippen LogP contribution in [0.5, 0.6) is 0 Å². The first kappa shape index (κ1) is 12.0. The molecular formula is C18H11N3S. The summed E-state index contributed by atoms with van der Waals surface area (Å²) < 4.78 is 0. The van der Waals surface area contributed by atoms with Crippen LogP contribution in [0.25, 0.3) is 21.8 Å². The average Bonchev–Trinajstić information content (AvgIpc) is 2.60. The first-order valence-corrected chi connectivity index (χ1v) is 7.92. The van der Waals surface area contributed by atoms with Crippen LogP contribution in [0.4, 0.5) is 11.4 Å². The van der Waals surface area contributed by atoms with E-state index in [1.165, 1.54) is 0 Å². The molecule has 5 rings (SSSR count). The molecule has 3 nitrogen and oxygen atoms in total. The molecule has 2 aromatic heterocycles. The normalized spacial score (nSPS) is 12.7. The predicted molar refractivity (Wildman–Crippen MR) is 90.9 cm³/mol. The van der Waals surface area contributed by atoms with Crippen LogP contribution in [0, 0.1) is 0 Å². The highest BCUT2D eigenvalue weighted by Gasteiger charge is 2.20. The zero-order chi connectivity index (χ0) is 14.5. The Labute approximate surface area is 131 Å². The molecule has 0 saturated heterocycles. The summed E-state index contributed by atoms with van der Waals surface area (Å²) in [6.07, 6.45) is 3.88. The molecule has 3 heterocycles. The monoisotopic (exact) mass is 301 g/mol. The molecule has 1 N–H and O–H groups in total. The lowest BCUT2D eigenvalue weighted by Gasteiger charge is -2.23. The molecule has 0 bridgehead atoms. The number of anilines is 2. The maximum Gasteiger partial charge on any atom is 0.0723 e. The number of pyridine rings is 2. The number of rotatable bonds is 0. The summed E-state index contributed by atoms with van der Waals surface area (Å²) in [5.41, 5.74) is 4.30. The molecule has 0 unspecified atom stereocenters. The smallest absolute Gasteiger partial charge is 0.0723 e. The van der Waals surface area contributed by atoms with E-state index in [0.717, 1.165) is 43.0 Å². The zero-order valence-corrected chi connectivity index (χ0v) is 12.4. The van der Waals surface area contributed by atoms with E-state index in [9.17, 15) is 0 Å². The molecule has 0 fully saturated rings. The van der Waals surface area contributed by atoms with E-state index in [1.807, 2.05) is 36.7 Å². The van der Waals surface area contributed by atoms with E-state index < -0.39 is 0 Å². The Balaban J connectivity index is 1.80. The second kappa shape index (κ2) is 4.45. The number of nitrogens with zero attached hydrogens (tertiary/aromatic N) is 2. The zero-order valence-electron chi connectivity index (χ0n) is 11.6. The van der Waals surface area contributed by atoms with E-state index in [0.29, 0.717) is 0 Å². The molecule has 0 radical (unpaired) electrons. The van der Waals surface area contributed by atoms with Crippen LogP contribution in [0.15, 0.2) is 70.7 Å². The number of fused-ring (bicyclic) bond motifs is 6. The Morgan fingerprint density at radius 1 is 0.682 bits per heavy atom. The second-order valence-corrected chi connectivity index (χ2v) is 6.34. The van der Waals surface area contributed by atoms with Crippen LogP contribution in [-0.4, -0.2) is 9.97 Å². The van der Waals surface area contributed by atoms with Gasteiger partial charge in [-0.25, -0.2) is 0 Å². The number of aromatic nitrogens is 2. The minimum atomic E-state index is 1.01. The molecule has 1 aliphatic heterocycles. The van der Waals surface area contributed by atoms with E-state index in [1.54, 1.807) is 11.8 Å². The summed E-state index contributed by atoms with van der Waals surface area (Å²) in [7, 11) is 0. The van der Waals surface area contributed by atoms with Gasteiger partial charge in [0.15, 0.2) is 0 Å². The summed E-state index contributed by atoms with van der Waals surface area (Å²) in [6, 6.07) is 16.5. The third kappa shape index (κ3) is 1.64. The van der Waals surface area contributed by atoms with Gasteiger partial charge in [0.05, 0.1) is 32.2 Å². The second-order valence-electron chi connectivity index (χ2n) is 5.26. The van der Waals surface area contributed by atoms with Crippen molar-refractivity contribution in [3.05, 3.63) is 60.9 Å². The third-order valence-electron chi connectivity index (χ3n) is 3.95. The van der Waals surface area contributed by atoms with Crippen LogP contribution in [-0.2, 0) is 0 Å². The van der Waals surface area contributed by atoms with Crippen molar-refractivity contribution in [2.45, 2.75) is 9.79 Å². The maximum atomic E-state index is 4.55. The van der Waals surface area contributed by atoms with Crippen molar-refractivity contribution in [2.24, 2.45) is 0 Å². The number of nitrogens with one attached hydrogen (secondary N) is 1. The summed E-state index contributed by atoms with van der Waals surface area (Å²) in [4.78, 5) is 11.4. The first-order valence-electron chi connectivity index (χ1n) is 7.10. The SMILES string of the molecule is c1ccc2c3c(cnc2c1)Sc1cnc2ccccc2c1N3. The van der Waals surface area contributed by atoms with Crippen molar-refractivity contribution >= 4 is 44.9 Å². The highest BCUT2D eigenvalue weighted by molar-refractivity contribution is 7.99. The topological polar surface area (TPSA) is 37.8 Å². The minimum Gasteiger partial charge on any atom is -0.352 e. The summed E-state index contributed by atoms with van der Waals surface area (Å²) in [5, 5.41) is 5.93. The molecule has 4 aromatic rings. The van der Waals surface area contributed by atoms with Gasteiger partial charge in [-0.05, 0) is 12.1 Å². The van der Waals surface area contributed by atoms with E-state index in [2.05, 4.69) is 39.6 Å². The standard InChI is InChI=1S/C18H11N3S/c1-3-7-13-11(5-1)17-15(9-19-13)22-16-10-20-14-8-4-2-6-12(14)18(16)21-17/h1-10,21H. The molecule has 0 aliphatic carbocycles. The lowest BCUT2D eigenvalue weighted by molar-refractivity contribution is 1.23. The Hall–Kier alpha value is -2.59. The Bertz CT molecular complexity index is 960. The largest absolute Gasteiger partial charge is 0.352 e. The van der Waals surface area contributed by atoms with Crippen molar-refractivity contribution < 1.29 is 0 Å². The molecular weight excluding hydrogens is 290 g/mol. The number of para-hydroxylation sites is 2.